The lowest BCUT2D eigenvalue weighted by Gasteiger charge is -2.22. The number of alkyl halides is 3. The Morgan fingerprint density at radius 1 is 1.07 bits per heavy atom. The summed E-state index contributed by atoms with van der Waals surface area (Å²) in [5, 5.41) is 5.25. The molecule has 0 radical (unpaired) electrons. The molecule has 0 saturated heterocycles. The number of nitrogens with two attached hydrogens (primary N) is 1. The minimum absolute atomic E-state index is 0.502. The van der Waals surface area contributed by atoms with Crippen molar-refractivity contribution < 1.29 is 27.6 Å². The zero-order valence-electron chi connectivity index (χ0n) is 15.8. The second-order valence-corrected chi connectivity index (χ2v) is 7.08. The number of anilines is 1. The molecule has 0 aliphatic carbocycles. The predicted molar refractivity (Wildman–Crippen MR) is 104 cm³/mol. The average Bonchev–Trinajstić information content (AvgIpc) is 2.79. The minimum atomic E-state index is -4.48. The summed E-state index contributed by atoms with van der Waals surface area (Å²) in [5.74, 6) is -3.56. The third kappa shape index (κ3) is 4.97. The molecule has 1 heterocycles. The Kier molecular flexibility index (Phi) is 6.09. The predicted octanol–water partition coefficient (Wildman–Crippen LogP) is 3.30. The highest BCUT2D eigenvalue weighted by atomic mass is 19.4. The molecule has 1 aliphatic heterocycles. The van der Waals surface area contributed by atoms with Gasteiger partial charge in [-0.25, -0.2) is 0 Å². The Morgan fingerprint density at radius 3 is 2.37 bits per heavy atom. The van der Waals surface area contributed by atoms with Gasteiger partial charge in [0.25, 0.3) is 5.91 Å². The van der Waals surface area contributed by atoms with Crippen molar-refractivity contribution in [3.63, 3.8) is 0 Å². The molecule has 3 rings (SSSR count). The van der Waals surface area contributed by atoms with E-state index in [2.05, 4.69) is 10.6 Å². The summed E-state index contributed by atoms with van der Waals surface area (Å²) in [6.45, 7) is 0. The first kappa shape index (κ1) is 21.4. The quantitative estimate of drug-likeness (QED) is 0.670. The van der Waals surface area contributed by atoms with Crippen LogP contribution in [-0.2, 0) is 14.4 Å². The average molecular weight is 419 g/mol. The van der Waals surface area contributed by atoms with Crippen LogP contribution in [0.25, 0.3) is 11.1 Å². The smallest absolute Gasteiger partial charge is 0.370 e. The van der Waals surface area contributed by atoms with Crippen LogP contribution in [0.5, 0.6) is 0 Å². The maximum absolute atomic E-state index is 12.8. The van der Waals surface area contributed by atoms with Gasteiger partial charge < -0.3 is 16.4 Å². The second kappa shape index (κ2) is 8.56. The molecule has 0 fully saturated rings. The lowest BCUT2D eigenvalue weighted by Crippen LogP contribution is -2.41. The maximum Gasteiger partial charge on any atom is 0.389 e. The number of benzene rings is 2. The van der Waals surface area contributed by atoms with Gasteiger partial charge in [0.1, 0.15) is 6.04 Å². The van der Waals surface area contributed by atoms with Gasteiger partial charge in [-0.3, -0.25) is 14.4 Å². The van der Waals surface area contributed by atoms with E-state index >= 15 is 0 Å². The number of primary amides is 1. The summed E-state index contributed by atoms with van der Waals surface area (Å²) < 4.78 is 37.9. The van der Waals surface area contributed by atoms with Crippen molar-refractivity contribution in [2.45, 2.75) is 31.5 Å². The van der Waals surface area contributed by atoms with Crippen LogP contribution in [0.2, 0.25) is 0 Å². The van der Waals surface area contributed by atoms with Crippen LogP contribution in [-0.4, -0.2) is 23.9 Å². The van der Waals surface area contributed by atoms with Crippen molar-refractivity contribution in [1.82, 2.24) is 5.32 Å². The van der Waals surface area contributed by atoms with Crippen molar-refractivity contribution in [3.05, 3.63) is 54.1 Å². The highest BCUT2D eigenvalue weighted by molar-refractivity contribution is 6.04. The van der Waals surface area contributed by atoms with Crippen molar-refractivity contribution in [2.75, 3.05) is 5.32 Å². The van der Waals surface area contributed by atoms with Gasteiger partial charge in [-0.2, -0.15) is 13.2 Å². The van der Waals surface area contributed by atoms with E-state index in [0.717, 1.165) is 5.56 Å². The monoisotopic (exact) mass is 419 g/mol. The van der Waals surface area contributed by atoms with Gasteiger partial charge in [-0.05, 0) is 23.6 Å². The van der Waals surface area contributed by atoms with E-state index in [0.29, 0.717) is 16.8 Å². The van der Waals surface area contributed by atoms with Crippen LogP contribution >= 0.6 is 0 Å². The molecule has 0 bridgehead atoms. The lowest BCUT2D eigenvalue weighted by atomic mass is 9.93. The Bertz CT molecular complexity index is 975. The normalized spacial score (nSPS) is 16.5. The fourth-order valence-electron chi connectivity index (χ4n) is 3.48. The van der Waals surface area contributed by atoms with Crippen LogP contribution < -0.4 is 16.4 Å². The van der Waals surface area contributed by atoms with Gasteiger partial charge >= 0.3 is 6.18 Å². The summed E-state index contributed by atoms with van der Waals surface area (Å²) in [6, 6.07) is 12.9. The van der Waals surface area contributed by atoms with Crippen molar-refractivity contribution >= 4 is 23.4 Å². The molecule has 4 N–H and O–H groups in total. The molecule has 2 atom stereocenters. The summed E-state index contributed by atoms with van der Waals surface area (Å²) in [4.78, 5) is 36.9. The van der Waals surface area contributed by atoms with Gasteiger partial charge in [-0.15, -0.1) is 0 Å². The molecule has 0 aromatic heterocycles. The van der Waals surface area contributed by atoms with E-state index < -0.39 is 55.1 Å². The first-order valence-electron chi connectivity index (χ1n) is 9.30. The Hall–Kier alpha value is -3.36. The molecule has 3 amide bonds. The van der Waals surface area contributed by atoms with E-state index in [1.54, 1.807) is 42.5 Å². The van der Waals surface area contributed by atoms with Crippen LogP contribution in [0.15, 0.2) is 48.5 Å². The molecule has 2 aromatic carbocycles. The highest BCUT2D eigenvalue weighted by Crippen LogP contribution is 2.37. The first-order chi connectivity index (χ1) is 14.2. The summed E-state index contributed by atoms with van der Waals surface area (Å²) in [7, 11) is 0. The highest BCUT2D eigenvalue weighted by Gasteiger charge is 2.34. The molecule has 30 heavy (non-hydrogen) atoms. The van der Waals surface area contributed by atoms with Crippen molar-refractivity contribution in [2.24, 2.45) is 11.7 Å². The number of rotatable bonds is 6. The molecule has 158 valence electrons. The van der Waals surface area contributed by atoms with Gasteiger partial charge in [0.2, 0.25) is 11.8 Å². The molecule has 1 aliphatic rings. The molecule has 6 nitrogen and oxygen atoms in total. The first-order valence-corrected chi connectivity index (χ1v) is 9.30. The number of fused-ring (bicyclic) bond motifs is 3. The minimum Gasteiger partial charge on any atom is -0.370 e. The number of halogens is 3. The zero-order chi connectivity index (χ0) is 21.9. The van der Waals surface area contributed by atoms with Gasteiger partial charge in [0.15, 0.2) is 0 Å². The molecule has 9 heteroatoms. The van der Waals surface area contributed by atoms with E-state index in [-0.39, 0.29) is 0 Å². The Balaban J connectivity index is 1.90. The number of para-hydroxylation sites is 1. The van der Waals surface area contributed by atoms with E-state index in [9.17, 15) is 27.6 Å². The number of hydrogen-bond donors (Lipinski definition) is 3. The van der Waals surface area contributed by atoms with E-state index in [1.807, 2.05) is 6.07 Å². The Morgan fingerprint density at radius 2 is 1.70 bits per heavy atom. The van der Waals surface area contributed by atoms with Crippen LogP contribution in [0.4, 0.5) is 18.9 Å². The summed E-state index contributed by atoms with van der Waals surface area (Å²) in [6.07, 6.45) is -6.87. The van der Waals surface area contributed by atoms with Crippen LogP contribution in [0, 0.1) is 5.92 Å². The Labute approximate surface area is 170 Å². The molecular weight excluding hydrogens is 399 g/mol. The molecule has 2 unspecified atom stereocenters. The van der Waals surface area contributed by atoms with Crippen LogP contribution in [0.1, 0.15) is 30.9 Å². The molecular formula is C21H20F3N3O3. The third-order valence-electron chi connectivity index (χ3n) is 4.89. The zero-order valence-corrected chi connectivity index (χ0v) is 15.8. The fourth-order valence-corrected chi connectivity index (χ4v) is 3.48. The number of carbonyl (C=O) groups is 3. The standard InChI is InChI=1S/C21H20F3N3O3/c22-21(23,24)10-9-12(11-17(25)28)19(29)27-18-15-7-2-1-5-13(15)14-6-3-4-8-16(14)26-20(18)30/h1-8,12,18H,9-11H2,(H2,25,28)(H,26,30)(H,27,29). The largest absolute Gasteiger partial charge is 0.389 e. The van der Waals surface area contributed by atoms with Gasteiger partial charge in [0, 0.05) is 30.0 Å². The maximum atomic E-state index is 12.8. The molecule has 0 saturated carbocycles. The summed E-state index contributed by atoms with van der Waals surface area (Å²) in [5.41, 5.74) is 7.63. The topological polar surface area (TPSA) is 101 Å². The van der Waals surface area contributed by atoms with Gasteiger partial charge in [-0.1, -0.05) is 42.5 Å². The van der Waals surface area contributed by atoms with E-state index in [4.69, 9.17) is 5.73 Å². The van der Waals surface area contributed by atoms with Crippen molar-refractivity contribution in [3.8, 4) is 11.1 Å². The van der Waals surface area contributed by atoms with Crippen molar-refractivity contribution in [1.29, 1.82) is 0 Å². The third-order valence-corrected chi connectivity index (χ3v) is 4.89. The molecule has 2 aromatic rings. The number of nitrogens with one attached hydrogen (secondary N) is 2. The lowest BCUT2D eigenvalue weighted by molar-refractivity contribution is -0.143. The molecule has 0 spiro atoms. The number of amides is 3. The van der Waals surface area contributed by atoms with Crippen LogP contribution in [0.3, 0.4) is 0 Å². The number of hydrogen-bond acceptors (Lipinski definition) is 3. The second-order valence-electron chi connectivity index (χ2n) is 7.08. The number of carbonyl (C=O) groups excluding carboxylic acids is 3. The van der Waals surface area contributed by atoms with Gasteiger partial charge in [0.05, 0.1) is 0 Å². The van der Waals surface area contributed by atoms with E-state index in [1.165, 1.54) is 0 Å². The summed E-state index contributed by atoms with van der Waals surface area (Å²) >= 11 is 0. The fraction of sp³-hybridized carbons (Fsp3) is 0.286. The SMILES string of the molecule is NC(=O)CC(CCC(F)(F)F)C(=O)NC1C(=O)Nc2ccccc2-c2ccccc21.